The molecule has 0 aromatic heterocycles. The number of hydrogen-bond acceptors (Lipinski definition) is 2. The normalized spacial score (nSPS) is 30.4. The van der Waals surface area contributed by atoms with Crippen LogP contribution in [0.4, 0.5) is 10.1 Å². The number of amides is 1. The number of hydrogen-bond donors (Lipinski definition) is 2. The van der Waals surface area contributed by atoms with E-state index >= 15 is 0 Å². The van der Waals surface area contributed by atoms with Gasteiger partial charge in [-0.05, 0) is 30.4 Å². The minimum absolute atomic E-state index is 0.0622. The molecule has 1 aromatic rings. The summed E-state index contributed by atoms with van der Waals surface area (Å²) in [7, 11) is 0. The van der Waals surface area contributed by atoms with Crippen LogP contribution < -0.4 is 5.32 Å². The van der Waals surface area contributed by atoms with E-state index in [4.69, 9.17) is 0 Å². The van der Waals surface area contributed by atoms with Crippen molar-refractivity contribution in [2.75, 3.05) is 5.32 Å². The van der Waals surface area contributed by atoms with Crippen molar-refractivity contribution in [3.63, 3.8) is 0 Å². The van der Waals surface area contributed by atoms with Gasteiger partial charge in [-0.3, -0.25) is 9.59 Å². The number of fused-ring (bicyclic) bond motifs is 2. The van der Waals surface area contributed by atoms with E-state index in [0.29, 0.717) is 6.42 Å². The van der Waals surface area contributed by atoms with Gasteiger partial charge in [-0.1, -0.05) is 24.3 Å². The van der Waals surface area contributed by atoms with E-state index in [1.807, 2.05) is 12.2 Å². The fourth-order valence-electron chi connectivity index (χ4n) is 3.29. The molecule has 1 aromatic carbocycles. The summed E-state index contributed by atoms with van der Waals surface area (Å²) in [5, 5.41) is 11.8. The highest BCUT2D eigenvalue weighted by molar-refractivity contribution is 5.96. The molecule has 2 N–H and O–H groups in total. The second kappa shape index (κ2) is 4.74. The van der Waals surface area contributed by atoms with Gasteiger partial charge in [0.15, 0.2) is 0 Å². The third kappa shape index (κ3) is 1.99. The molecule has 4 atom stereocenters. The van der Waals surface area contributed by atoms with Gasteiger partial charge in [-0.15, -0.1) is 0 Å². The summed E-state index contributed by atoms with van der Waals surface area (Å²) in [6.07, 6.45) is 4.46. The number of para-hydroxylation sites is 1. The van der Waals surface area contributed by atoms with E-state index in [0.717, 1.165) is 0 Å². The Morgan fingerprint density at radius 3 is 2.45 bits per heavy atom. The molecule has 1 saturated carbocycles. The summed E-state index contributed by atoms with van der Waals surface area (Å²) in [5.41, 5.74) is 0.0911. The molecule has 2 aliphatic rings. The van der Waals surface area contributed by atoms with E-state index in [1.165, 1.54) is 18.2 Å². The van der Waals surface area contributed by atoms with Gasteiger partial charge in [0.05, 0.1) is 17.5 Å². The smallest absolute Gasteiger partial charge is 0.307 e. The first kappa shape index (κ1) is 12.8. The van der Waals surface area contributed by atoms with Crippen molar-refractivity contribution in [1.82, 2.24) is 0 Å². The Hall–Kier alpha value is -2.17. The number of carboxylic acid groups (broad SMARTS) is 1. The van der Waals surface area contributed by atoms with Gasteiger partial charge in [0.25, 0.3) is 0 Å². The SMILES string of the molecule is O=C(Nc1ccccc1F)[C@@H]1[C@H](C(=O)O)[C@H]2C=C[C@H]1C2. The molecular weight excluding hydrogens is 261 g/mol. The van der Waals surface area contributed by atoms with Gasteiger partial charge in [0.1, 0.15) is 5.82 Å². The van der Waals surface area contributed by atoms with Crippen molar-refractivity contribution in [3.05, 3.63) is 42.2 Å². The Kier molecular flexibility index (Phi) is 3.04. The number of halogens is 1. The van der Waals surface area contributed by atoms with Crippen LogP contribution >= 0.6 is 0 Å². The molecule has 3 rings (SSSR count). The summed E-state index contributed by atoms with van der Waals surface area (Å²) < 4.78 is 13.5. The molecule has 4 nitrogen and oxygen atoms in total. The fourth-order valence-corrected chi connectivity index (χ4v) is 3.29. The molecule has 0 saturated heterocycles. The number of allylic oxidation sites excluding steroid dienone is 2. The predicted molar refractivity (Wildman–Crippen MR) is 70.4 cm³/mol. The van der Waals surface area contributed by atoms with Crippen LogP contribution in [0.1, 0.15) is 6.42 Å². The lowest BCUT2D eigenvalue weighted by molar-refractivity contribution is -0.146. The zero-order valence-corrected chi connectivity index (χ0v) is 10.6. The van der Waals surface area contributed by atoms with Crippen LogP contribution in [0.5, 0.6) is 0 Å². The quantitative estimate of drug-likeness (QED) is 0.832. The van der Waals surface area contributed by atoms with Crippen LogP contribution in [-0.4, -0.2) is 17.0 Å². The van der Waals surface area contributed by atoms with Gasteiger partial charge in [-0.2, -0.15) is 0 Å². The summed E-state index contributed by atoms with van der Waals surface area (Å²) in [4.78, 5) is 23.6. The number of nitrogens with one attached hydrogen (secondary N) is 1. The van der Waals surface area contributed by atoms with E-state index in [1.54, 1.807) is 6.07 Å². The molecule has 0 aliphatic heterocycles. The number of carbonyl (C=O) groups is 2. The largest absolute Gasteiger partial charge is 0.481 e. The van der Waals surface area contributed by atoms with E-state index in [9.17, 15) is 19.1 Å². The predicted octanol–water partition coefficient (Wildman–Crippen LogP) is 2.29. The standard InChI is InChI=1S/C15H14FNO3/c16-10-3-1-2-4-11(10)17-14(18)12-8-5-6-9(7-8)13(12)15(19)20/h1-6,8-9,12-13H,7H2,(H,17,18)(H,19,20)/t8-,9-,12-,13+/m0/s1. The second-order valence-electron chi connectivity index (χ2n) is 5.31. The highest BCUT2D eigenvalue weighted by Crippen LogP contribution is 2.48. The number of rotatable bonds is 3. The van der Waals surface area contributed by atoms with Crippen LogP contribution in [0, 0.1) is 29.5 Å². The van der Waals surface area contributed by atoms with Crippen LogP contribution in [0.15, 0.2) is 36.4 Å². The maximum absolute atomic E-state index is 13.5. The zero-order valence-electron chi connectivity index (χ0n) is 10.6. The van der Waals surface area contributed by atoms with Gasteiger partial charge >= 0.3 is 5.97 Å². The third-order valence-corrected chi connectivity index (χ3v) is 4.18. The minimum atomic E-state index is -0.962. The van der Waals surface area contributed by atoms with E-state index < -0.39 is 29.5 Å². The van der Waals surface area contributed by atoms with Crippen molar-refractivity contribution >= 4 is 17.6 Å². The maximum Gasteiger partial charge on any atom is 0.307 e. The van der Waals surface area contributed by atoms with Crippen LogP contribution in [0.3, 0.4) is 0 Å². The summed E-state index contributed by atoms with van der Waals surface area (Å²) in [5.74, 6) is -3.39. The van der Waals surface area contributed by atoms with Gasteiger partial charge in [-0.25, -0.2) is 4.39 Å². The molecule has 0 spiro atoms. The average Bonchev–Trinajstić information content (AvgIpc) is 3.01. The van der Waals surface area contributed by atoms with Crippen LogP contribution in [-0.2, 0) is 9.59 Å². The molecule has 2 aliphatic carbocycles. The summed E-state index contributed by atoms with van der Waals surface area (Å²) in [6.45, 7) is 0. The Morgan fingerprint density at radius 1 is 1.15 bits per heavy atom. The third-order valence-electron chi connectivity index (χ3n) is 4.18. The highest BCUT2D eigenvalue weighted by Gasteiger charge is 2.51. The number of carboxylic acids is 1. The Bertz CT molecular complexity index is 599. The number of aliphatic carboxylic acids is 1. The number of benzene rings is 1. The first-order chi connectivity index (χ1) is 9.58. The van der Waals surface area contributed by atoms with Crippen LogP contribution in [0.25, 0.3) is 0 Å². The lowest BCUT2D eigenvalue weighted by Crippen LogP contribution is -2.36. The maximum atomic E-state index is 13.5. The highest BCUT2D eigenvalue weighted by atomic mass is 19.1. The van der Waals surface area contributed by atoms with Crippen molar-refractivity contribution < 1.29 is 19.1 Å². The topological polar surface area (TPSA) is 66.4 Å². The van der Waals surface area contributed by atoms with Gasteiger partial charge in [0, 0.05) is 0 Å². The molecule has 104 valence electrons. The Morgan fingerprint density at radius 2 is 1.80 bits per heavy atom. The van der Waals surface area contributed by atoms with Crippen molar-refractivity contribution in [3.8, 4) is 0 Å². The zero-order chi connectivity index (χ0) is 14.3. The Labute approximate surface area is 115 Å². The first-order valence-corrected chi connectivity index (χ1v) is 6.54. The van der Waals surface area contributed by atoms with Crippen LogP contribution in [0.2, 0.25) is 0 Å². The summed E-state index contributed by atoms with van der Waals surface area (Å²) in [6, 6.07) is 5.87. The molecule has 20 heavy (non-hydrogen) atoms. The first-order valence-electron chi connectivity index (χ1n) is 6.54. The van der Waals surface area contributed by atoms with Crippen molar-refractivity contribution in [1.29, 1.82) is 0 Å². The molecule has 0 radical (unpaired) electrons. The molecule has 1 amide bonds. The lowest BCUT2D eigenvalue weighted by atomic mass is 9.82. The second-order valence-corrected chi connectivity index (χ2v) is 5.31. The Balaban J connectivity index is 1.82. The molecule has 0 heterocycles. The van der Waals surface area contributed by atoms with E-state index in [-0.39, 0.29) is 17.5 Å². The molecule has 0 unspecified atom stereocenters. The molecule has 1 fully saturated rings. The lowest BCUT2D eigenvalue weighted by Gasteiger charge is -2.23. The average molecular weight is 275 g/mol. The molecule has 5 heteroatoms. The van der Waals surface area contributed by atoms with Crippen molar-refractivity contribution in [2.45, 2.75) is 6.42 Å². The fraction of sp³-hybridized carbons (Fsp3) is 0.333. The van der Waals surface area contributed by atoms with Gasteiger partial charge in [0.2, 0.25) is 5.91 Å². The number of anilines is 1. The minimum Gasteiger partial charge on any atom is -0.481 e. The molecular formula is C15H14FNO3. The molecule has 2 bridgehead atoms. The van der Waals surface area contributed by atoms with E-state index in [2.05, 4.69) is 5.32 Å². The van der Waals surface area contributed by atoms with Crippen molar-refractivity contribution in [2.24, 2.45) is 23.7 Å². The number of carbonyl (C=O) groups excluding carboxylic acids is 1. The van der Waals surface area contributed by atoms with Gasteiger partial charge < -0.3 is 10.4 Å². The summed E-state index contributed by atoms with van der Waals surface area (Å²) >= 11 is 0. The monoisotopic (exact) mass is 275 g/mol.